The molecule has 0 saturated heterocycles. The third-order valence-corrected chi connectivity index (χ3v) is 4.95. The molecule has 1 heterocycles. The van der Waals surface area contributed by atoms with Crippen LogP contribution >= 0.6 is 0 Å². The van der Waals surface area contributed by atoms with E-state index in [1.165, 1.54) is 7.11 Å². The Bertz CT molecular complexity index is 767. The van der Waals surface area contributed by atoms with Crippen LogP contribution in [0.15, 0.2) is 35.5 Å². The fourth-order valence-corrected chi connectivity index (χ4v) is 3.74. The molecular weight excluding hydrogens is 322 g/mol. The van der Waals surface area contributed by atoms with Crippen LogP contribution in [0.5, 0.6) is 5.75 Å². The van der Waals surface area contributed by atoms with Crippen molar-refractivity contribution in [3.05, 3.63) is 41.1 Å². The molecule has 6 heteroatoms. The normalized spacial score (nSPS) is 26.0. The van der Waals surface area contributed by atoms with Gasteiger partial charge in [0.05, 0.1) is 14.2 Å². The zero-order chi connectivity index (χ0) is 18.1. The zero-order valence-electron chi connectivity index (χ0n) is 14.5. The summed E-state index contributed by atoms with van der Waals surface area (Å²) in [5, 5.41) is 2.82. The Balaban J connectivity index is 2.07. The summed E-state index contributed by atoms with van der Waals surface area (Å²) in [5.41, 5.74) is 1.97. The number of rotatable bonds is 3. The lowest BCUT2D eigenvalue weighted by Crippen LogP contribution is -2.44. The first-order chi connectivity index (χ1) is 12.0. The topological polar surface area (TPSA) is 81.7 Å². The summed E-state index contributed by atoms with van der Waals surface area (Å²) in [4.78, 5) is 37.3. The highest BCUT2D eigenvalue weighted by molar-refractivity contribution is 6.11. The van der Waals surface area contributed by atoms with E-state index in [4.69, 9.17) is 9.47 Å². The van der Waals surface area contributed by atoms with Crippen LogP contribution in [0.1, 0.15) is 31.2 Å². The Morgan fingerprint density at radius 2 is 1.96 bits per heavy atom. The molecule has 6 nitrogen and oxygen atoms in total. The maximum absolute atomic E-state index is 13.1. The van der Waals surface area contributed by atoms with Gasteiger partial charge in [-0.25, -0.2) is 0 Å². The maximum Gasteiger partial charge on any atom is 0.316 e. The summed E-state index contributed by atoms with van der Waals surface area (Å²) in [7, 11) is 2.85. The lowest BCUT2D eigenvalue weighted by atomic mass is 9.70. The number of methoxy groups -OCH3 is 2. The van der Waals surface area contributed by atoms with E-state index in [-0.39, 0.29) is 29.9 Å². The maximum atomic E-state index is 13.1. The van der Waals surface area contributed by atoms with Crippen molar-refractivity contribution in [1.82, 2.24) is 5.32 Å². The van der Waals surface area contributed by atoms with E-state index in [2.05, 4.69) is 5.32 Å². The van der Waals surface area contributed by atoms with Gasteiger partial charge in [-0.15, -0.1) is 0 Å². The highest BCUT2D eigenvalue weighted by Crippen LogP contribution is 2.42. The van der Waals surface area contributed by atoms with Gasteiger partial charge in [0, 0.05) is 23.6 Å². The van der Waals surface area contributed by atoms with Crippen molar-refractivity contribution < 1.29 is 23.9 Å². The van der Waals surface area contributed by atoms with Gasteiger partial charge < -0.3 is 14.8 Å². The fourth-order valence-electron chi connectivity index (χ4n) is 3.74. The molecule has 1 aliphatic carbocycles. The highest BCUT2D eigenvalue weighted by atomic mass is 16.5. The standard InChI is InChI=1S/C19H21NO5/c1-10-7-14-17(18(22)16(10)19(23)25-3)13(9-15(21)20-14)11-5-4-6-12(8-11)24-2/h4-6,8,10,13,16H,7,9H2,1-3H3,(H,20,21)/t10-,13-,16+/m0/s1. The number of benzene rings is 1. The first-order valence-electron chi connectivity index (χ1n) is 8.25. The number of hydrogen-bond acceptors (Lipinski definition) is 5. The number of nitrogens with one attached hydrogen (secondary N) is 1. The molecule has 25 heavy (non-hydrogen) atoms. The number of amides is 1. The molecule has 1 N–H and O–H groups in total. The van der Waals surface area contributed by atoms with E-state index in [0.717, 1.165) is 5.56 Å². The summed E-state index contributed by atoms with van der Waals surface area (Å²) >= 11 is 0. The summed E-state index contributed by atoms with van der Waals surface area (Å²) < 4.78 is 10.1. The predicted molar refractivity (Wildman–Crippen MR) is 89.8 cm³/mol. The molecule has 1 aromatic carbocycles. The van der Waals surface area contributed by atoms with E-state index >= 15 is 0 Å². The Kier molecular flexibility index (Phi) is 4.61. The number of carbonyl (C=O) groups excluding carboxylic acids is 3. The minimum absolute atomic E-state index is 0.122. The van der Waals surface area contributed by atoms with E-state index in [1.54, 1.807) is 7.11 Å². The minimum Gasteiger partial charge on any atom is -0.497 e. The summed E-state index contributed by atoms with van der Waals surface area (Å²) in [6.07, 6.45) is 0.632. The SMILES string of the molecule is COC(=O)[C@H]1C(=O)C2=C(C[C@@H]1C)NC(=O)C[C@H]2c1cccc(OC)c1. The molecule has 0 spiro atoms. The Morgan fingerprint density at radius 3 is 2.64 bits per heavy atom. The molecule has 0 radical (unpaired) electrons. The zero-order valence-corrected chi connectivity index (χ0v) is 14.5. The van der Waals surface area contributed by atoms with Crippen molar-refractivity contribution in [3.63, 3.8) is 0 Å². The number of allylic oxidation sites excluding steroid dienone is 2. The number of ether oxygens (including phenoxy) is 2. The molecule has 0 saturated carbocycles. The predicted octanol–water partition coefficient (Wildman–Crippen LogP) is 1.95. The summed E-state index contributed by atoms with van der Waals surface area (Å²) in [5.74, 6) is -1.67. The lowest BCUT2D eigenvalue weighted by Gasteiger charge is -2.36. The highest BCUT2D eigenvalue weighted by Gasteiger charge is 2.45. The van der Waals surface area contributed by atoms with Gasteiger partial charge in [-0.1, -0.05) is 19.1 Å². The van der Waals surface area contributed by atoms with Gasteiger partial charge in [0.25, 0.3) is 0 Å². The van der Waals surface area contributed by atoms with E-state index in [9.17, 15) is 14.4 Å². The third kappa shape index (κ3) is 3.04. The van der Waals surface area contributed by atoms with Crippen molar-refractivity contribution in [2.24, 2.45) is 11.8 Å². The molecule has 0 fully saturated rings. The molecule has 0 bridgehead atoms. The van der Waals surface area contributed by atoms with Crippen molar-refractivity contribution in [2.45, 2.75) is 25.7 Å². The second-order valence-corrected chi connectivity index (χ2v) is 6.52. The first-order valence-corrected chi connectivity index (χ1v) is 8.25. The van der Waals surface area contributed by atoms with Crippen LogP contribution in [0.3, 0.4) is 0 Å². The van der Waals surface area contributed by atoms with Gasteiger partial charge >= 0.3 is 5.97 Å². The molecule has 0 unspecified atom stereocenters. The number of hydrogen-bond donors (Lipinski definition) is 1. The number of Topliss-reactive ketones (excluding diaryl/α,β-unsaturated/α-hetero) is 1. The largest absolute Gasteiger partial charge is 0.497 e. The molecule has 1 aromatic rings. The monoisotopic (exact) mass is 343 g/mol. The molecule has 3 atom stereocenters. The van der Waals surface area contributed by atoms with Gasteiger partial charge in [-0.05, 0) is 30.0 Å². The molecular formula is C19H21NO5. The van der Waals surface area contributed by atoms with Crippen molar-refractivity contribution >= 4 is 17.7 Å². The van der Waals surface area contributed by atoms with Crippen molar-refractivity contribution in [3.8, 4) is 5.75 Å². The average molecular weight is 343 g/mol. The van der Waals surface area contributed by atoms with Gasteiger partial charge in [0.2, 0.25) is 5.91 Å². The van der Waals surface area contributed by atoms with Crippen LogP contribution in [-0.4, -0.2) is 31.9 Å². The molecule has 132 valence electrons. The van der Waals surface area contributed by atoms with Gasteiger partial charge in [0.15, 0.2) is 5.78 Å². The van der Waals surface area contributed by atoms with Crippen LogP contribution in [0.25, 0.3) is 0 Å². The summed E-state index contributed by atoms with van der Waals surface area (Å²) in [6, 6.07) is 7.33. The van der Waals surface area contributed by atoms with Gasteiger partial charge in [0.1, 0.15) is 11.7 Å². The van der Waals surface area contributed by atoms with E-state index < -0.39 is 11.9 Å². The molecule has 0 aromatic heterocycles. The van der Waals surface area contributed by atoms with Gasteiger partial charge in [-0.3, -0.25) is 14.4 Å². The first kappa shape index (κ1) is 17.2. The Labute approximate surface area is 146 Å². The second kappa shape index (κ2) is 6.70. The third-order valence-electron chi connectivity index (χ3n) is 4.95. The molecule has 1 aliphatic heterocycles. The lowest BCUT2D eigenvalue weighted by molar-refractivity contribution is -0.151. The molecule has 2 aliphatic rings. The van der Waals surface area contributed by atoms with E-state index in [0.29, 0.717) is 23.4 Å². The second-order valence-electron chi connectivity index (χ2n) is 6.52. The number of esters is 1. The van der Waals surface area contributed by atoms with Crippen LogP contribution in [0.4, 0.5) is 0 Å². The molecule has 3 rings (SSSR count). The van der Waals surface area contributed by atoms with Crippen molar-refractivity contribution in [1.29, 1.82) is 0 Å². The fraction of sp³-hybridized carbons (Fsp3) is 0.421. The van der Waals surface area contributed by atoms with Crippen LogP contribution in [0.2, 0.25) is 0 Å². The minimum atomic E-state index is -0.827. The molecule has 1 amide bonds. The van der Waals surface area contributed by atoms with Crippen molar-refractivity contribution in [2.75, 3.05) is 14.2 Å². The summed E-state index contributed by atoms with van der Waals surface area (Å²) in [6.45, 7) is 1.82. The number of carbonyl (C=O) groups is 3. The quantitative estimate of drug-likeness (QED) is 0.670. The van der Waals surface area contributed by atoms with Crippen LogP contribution in [-0.2, 0) is 19.1 Å². The van der Waals surface area contributed by atoms with Crippen LogP contribution < -0.4 is 10.1 Å². The van der Waals surface area contributed by atoms with Gasteiger partial charge in [-0.2, -0.15) is 0 Å². The van der Waals surface area contributed by atoms with E-state index in [1.807, 2.05) is 31.2 Å². The number of ketones is 1. The smallest absolute Gasteiger partial charge is 0.316 e. The Hall–Kier alpha value is -2.63. The van der Waals surface area contributed by atoms with Crippen LogP contribution in [0, 0.1) is 11.8 Å². The average Bonchev–Trinajstić information content (AvgIpc) is 2.60. The Morgan fingerprint density at radius 1 is 1.20 bits per heavy atom.